The van der Waals surface area contributed by atoms with Gasteiger partial charge < -0.3 is 5.11 Å². The first-order valence-corrected chi connectivity index (χ1v) is 6.09. The maximum Gasteiger partial charge on any atom is 0.263 e. The molecule has 0 saturated carbocycles. The summed E-state index contributed by atoms with van der Waals surface area (Å²) >= 11 is 0. The first-order valence-electron chi connectivity index (χ1n) is 6.09. The normalized spacial score (nSPS) is 12.4. The zero-order valence-electron chi connectivity index (χ0n) is 10.2. The Bertz CT molecular complexity index is 302. The van der Waals surface area contributed by atoms with Gasteiger partial charge in [0.15, 0.2) is 12.4 Å². The lowest BCUT2D eigenvalue weighted by atomic mass is 10.0. The van der Waals surface area contributed by atoms with Crippen molar-refractivity contribution in [3.8, 4) is 5.75 Å². The minimum atomic E-state index is 0.226. The van der Waals surface area contributed by atoms with Crippen LogP contribution in [-0.4, -0.2) is 11.7 Å². The molecule has 0 aromatic carbocycles. The second-order valence-electron chi connectivity index (χ2n) is 4.13. The fourth-order valence-electron chi connectivity index (χ4n) is 1.61. The second-order valence-corrected chi connectivity index (χ2v) is 4.13. The maximum atomic E-state index is 9.28. The molecule has 0 aliphatic rings. The van der Waals surface area contributed by atoms with Crippen LogP contribution < -0.4 is 9.57 Å². The van der Waals surface area contributed by atoms with E-state index in [1.54, 1.807) is 29.3 Å². The molecule has 0 aliphatic carbocycles. The van der Waals surface area contributed by atoms with Crippen molar-refractivity contribution in [2.75, 3.05) is 6.61 Å². The van der Waals surface area contributed by atoms with E-state index in [9.17, 15) is 5.11 Å². The van der Waals surface area contributed by atoms with Crippen molar-refractivity contribution in [3.05, 3.63) is 24.5 Å². The summed E-state index contributed by atoms with van der Waals surface area (Å²) in [4.78, 5) is 5.59. The van der Waals surface area contributed by atoms with Crippen LogP contribution in [0.5, 0.6) is 5.75 Å². The predicted octanol–water partition coefficient (Wildman–Crippen LogP) is 2.32. The Hall–Kier alpha value is -1.25. The summed E-state index contributed by atoms with van der Waals surface area (Å²) in [6.07, 6.45) is 8.22. The first kappa shape index (κ1) is 12.8. The molecule has 0 amide bonds. The van der Waals surface area contributed by atoms with Gasteiger partial charge in [-0.25, -0.2) is 0 Å². The monoisotopic (exact) mass is 224 g/mol. The SMILES string of the molecule is CCCCC(CC)CO[n+]1cccc(O)c1. The number of aromatic nitrogens is 1. The zero-order valence-corrected chi connectivity index (χ0v) is 10.2. The number of hydrogen-bond acceptors (Lipinski definition) is 2. The van der Waals surface area contributed by atoms with Gasteiger partial charge in [-0.15, -0.1) is 0 Å². The first-order chi connectivity index (χ1) is 7.76. The van der Waals surface area contributed by atoms with Crippen LogP contribution in [0.15, 0.2) is 24.5 Å². The van der Waals surface area contributed by atoms with E-state index in [-0.39, 0.29) is 5.75 Å². The van der Waals surface area contributed by atoms with E-state index >= 15 is 0 Å². The smallest absolute Gasteiger partial charge is 0.263 e. The molecular weight excluding hydrogens is 202 g/mol. The Morgan fingerprint density at radius 3 is 2.88 bits per heavy atom. The number of unbranched alkanes of at least 4 members (excludes halogenated alkanes) is 1. The molecule has 90 valence electrons. The van der Waals surface area contributed by atoms with Gasteiger partial charge in [0.25, 0.3) is 6.20 Å². The fourth-order valence-corrected chi connectivity index (χ4v) is 1.61. The Kier molecular flexibility index (Phi) is 5.68. The molecule has 0 radical (unpaired) electrons. The third kappa shape index (κ3) is 4.51. The standard InChI is InChI=1S/C13H21NO2/c1-3-5-7-12(4-2)11-16-14-9-6-8-13(15)10-14/h6,8-10,12H,3-5,7,11H2,1-2H3/p+1. The third-order valence-corrected chi connectivity index (χ3v) is 2.76. The number of hydrogen-bond donors (Lipinski definition) is 1. The minimum Gasteiger partial charge on any atom is -0.503 e. The molecule has 0 bridgehead atoms. The van der Waals surface area contributed by atoms with Crippen molar-refractivity contribution in [2.45, 2.75) is 39.5 Å². The zero-order chi connectivity index (χ0) is 11.8. The predicted molar refractivity (Wildman–Crippen MR) is 63.1 cm³/mol. The Morgan fingerprint density at radius 1 is 1.44 bits per heavy atom. The van der Waals surface area contributed by atoms with Gasteiger partial charge in [0, 0.05) is 10.8 Å². The molecule has 1 aromatic heterocycles. The van der Waals surface area contributed by atoms with Gasteiger partial charge in [0.2, 0.25) is 6.20 Å². The van der Waals surface area contributed by atoms with Crippen LogP contribution in [0, 0.1) is 5.92 Å². The molecule has 1 N–H and O–H groups in total. The molecule has 1 heterocycles. The molecule has 0 fully saturated rings. The van der Waals surface area contributed by atoms with Crippen LogP contribution in [0.2, 0.25) is 0 Å². The molecule has 1 atom stereocenters. The number of rotatable bonds is 7. The molecular formula is C13H22NO2+. The van der Waals surface area contributed by atoms with Crippen LogP contribution >= 0.6 is 0 Å². The van der Waals surface area contributed by atoms with Gasteiger partial charge in [0.1, 0.15) is 0 Å². The maximum absolute atomic E-state index is 9.28. The lowest BCUT2D eigenvalue weighted by Gasteiger charge is -2.11. The lowest BCUT2D eigenvalue weighted by Crippen LogP contribution is -2.43. The minimum absolute atomic E-state index is 0.226. The van der Waals surface area contributed by atoms with Gasteiger partial charge in [-0.3, -0.25) is 4.84 Å². The summed E-state index contributed by atoms with van der Waals surface area (Å²) in [6.45, 7) is 5.11. The van der Waals surface area contributed by atoms with Crippen LogP contribution in [0.1, 0.15) is 39.5 Å². The molecule has 16 heavy (non-hydrogen) atoms. The highest BCUT2D eigenvalue weighted by atomic mass is 16.7. The van der Waals surface area contributed by atoms with Crippen molar-refractivity contribution in [3.63, 3.8) is 0 Å². The lowest BCUT2D eigenvalue weighted by molar-refractivity contribution is -0.892. The Morgan fingerprint density at radius 2 is 2.25 bits per heavy atom. The van der Waals surface area contributed by atoms with E-state index in [0.717, 1.165) is 6.42 Å². The Balaban J connectivity index is 2.37. The third-order valence-electron chi connectivity index (χ3n) is 2.76. The van der Waals surface area contributed by atoms with Gasteiger partial charge >= 0.3 is 0 Å². The van der Waals surface area contributed by atoms with Crippen molar-refractivity contribution < 1.29 is 14.7 Å². The Labute approximate surface area is 97.6 Å². The highest BCUT2D eigenvalue weighted by Gasteiger charge is 2.10. The van der Waals surface area contributed by atoms with Gasteiger partial charge in [-0.05, 0) is 24.8 Å². The van der Waals surface area contributed by atoms with E-state index in [1.165, 1.54) is 19.3 Å². The molecule has 0 aliphatic heterocycles. The molecule has 3 nitrogen and oxygen atoms in total. The van der Waals surface area contributed by atoms with E-state index in [0.29, 0.717) is 12.5 Å². The van der Waals surface area contributed by atoms with Crippen molar-refractivity contribution in [2.24, 2.45) is 5.92 Å². The highest BCUT2D eigenvalue weighted by molar-refractivity contribution is 5.09. The number of pyridine rings is 1. The second kappa shape index (κ2) is 7.09. The summed E-state index contributed by atoms with van der Waals surface area (Å²) < 4.78 is 1.57. The molecule has 1 rings (SSSR count). The van der Waals surface area contributed by atoms with E-state index < -0.39 is 0 Å². The molecule has 1 aromatic rings. The number of aromatic hydroxyl groups is 1. The topological polar surface area (TPSA) is 33.3 Å². The van der Waals surface area contributed by atoms with Crippen LogP contribution in [-0.2, 0) is 0 Å². The van der Waals surface area contributed by atoms with Crippen LogP contribution in [0.4, 0.5) is 0 Å². The van der Waals surface area contributed by atoms with E-state index in [2.05, 4.69) is 13.8 Å². The van der Waals surface area contributed by atoms with Crippen LogP contribution in [0.25, 0.3) is 0 Å². The summed E-state index contributed by atoms with van der Waals surface area (Å²) in [5, 5.41) is 9.28. The molecule has 3 heteroatoms. The van der Waals surface area contributed by atoms with Gasteiger partial charge in [-0.2, -0.15) is 0 Å². The van der Waals surface area contributed by atoms with Crippen molar-refractivity contribution in [1.29, 1.82) is 0 Å². The molecule has 0 spiro atoms. The highest BCUT2D eigenvalue weighted by Crippen LogP contribution is 2.11. The summed E-state index contributed by atoms with van der Waals surface area (Å²) in [5.74, 6) is 0.832. The van der Waals surface area contributed by atoms with Crippen molar-refractivity contribution >= 4 is 0 Å². The number of nitrogens with zero attached hydrogens (tertiary/aromatic N) is 1. The fraction of sp³-hybridized carbons (Fsp3) is 0.615. The quantitative estimate of drug-likeness (QED) is 0.721. The van der Waals surface area contributed by atoms with Crippen LogP contribution in [0.3, 0.4) is 0 Å². The molecule has 0 saturated heterocycles. The summed E-state index contributed by atoms with van der Waals surface area (Å²) in [5.41, 5.74) is 0. The average molecular weight is 224 g/mol. The van der Waals surface area contributed by atoms with E-state index in [1.807, 2.05) is 0 Å². The van der Waals surface area contributed by atoms with Crippen molar-refractivity contribution in [1.82, 2.24) is 0 Å². The molecule has 1 unspecified atom stereocenters. The largest absolute Gasteiger partial charge is 0.503 e. The summed E-state index contributed by atoms with van der Waals surface area (Å²) in [7, 11) is 0. The summed E-state index contributed by atoms with van der Waals surface area (Å²) in [6, 6.07) is 3.40. The average Bonchev–Trinajstić information content (AvgIpc) is 2.29. The van der Waals surface area contributed by atoms with Gasteiger partial charge in [0.05, 0.1) is 0 Å². The van der Waals surface area contributed by atoms with Gasteiger partial charge in [-0.1, -0.05) is 26.7 Å². The van der Waals surface area contributed by atoms with E-state index in [4.69, 9.17) is 4.84 Å².